The zero-order valence-electron chi connectivity index (χ0n) is 17.6. The summed E-state index contributed by atoms with van der Waals surface area (Å²) in [6, 6.07) is 12.5. The minimum absolute atomic E-state index is 0.0635. The highest BCUT2D eigenvalue weighted by Crippen LogP contribution is 2.30. The summed E-state index contributed by atoms with van der Waals surface area (Å²) in [4.78, 5) is 28.3. The molecule has 2 saturated heterocycles. The molecule has 2 fully saturated rings. The molecule has 0 saturated carbocycles. The minimum atomic E-state index is -0.434. The molecule has 1 amide bonds. The van der Waals surface area contributed by atoms with Crippen LogP contribution < -0.4 is 10.2 Å². The average Bonchev–Trinajstić information content (AvgIpc) is 2.81. The van der Waals surface area contributed by atoms with Crippen molar-refractivity contribution in [3.05, 3.63) is 63.7 Å². The van der Waals surface area contributed by atoms with Gasteiger partial charge in [0.15, 0.2) is 0 Å². The summed E-state index contributed by atoms with van der Waals surface area (Å²) in [7, 11) is 0. The van der Waals surface area contributed by atoms with Gasteiger partial charge in [0, 0.05) is 37.0 Å². The summed E-state index contributed by atoms with van der Waals surface area (Å²) in [6.07, 6.45) is 3.82. The smallest absolute Gasteiger partial charge is 0.293 e. The zero-order chi connectivity index (χ0) is 21.6. The maximum atomic E-state index is 12.7. The molecule has 4 rings (SSSR count). The molecule has 0 unspecified atom stereocenters. The van der Waals surface area contributed by atoms with E-state index in [0.29, 0.717) is 37.7 Å². The Kier molecular flexibility index (Phi) is 6.79. The topological polar surface area (TPSA) is 88.0 Å². The number of likely N-dealkylation sites (tertiary alicyclic amines) is 1. The molecule has 0 radical (unpaired) electrons. The van der Waals surface area contributed by atoms with Crippen LogP contribution in [0.4, 0.5) is 17.1 Å². The number of benzene rings is 2. The lowest BCUT2D eigenvalue weighted by molar-refractivity contribution is -0.384. The molecule has 0 bridgehead atoms. The van der Waals surface area contributed by atoms with Crippen LogP contribution in [0.15, 0.2) is 42.5 Å². The molecule has 0 aliphatic carbocycles. The number of piperidine rings is 1. The number of hydrogen-bond acceptors (Lipinski definition) is 6. The molecule has 31 heavy (non-hydrogen) atoms. The van der Waals surface area contributed by atoms with Crippen LogP contribution in [0.25, 0.3) is 0 Å². The monoisotopic (exact) mass is 424 g/mol. The first kappa shape index (κ1) is 21.3. The van der Waals surface area contributed by atoms with Crippen molar-refractivity contribution in [3.8, 4) is 0 Å². The van der Waals surface area contributed by atoms with Crippen molar-refractivity contribution in [1.82, 2.24) is 4.90 Å². The maximum Gasteiger partial charge on any atom is 0.293 e. The molecule has 2 aromatic rings. The SMILES string of the molecule is O=C(Nc1ccc(CN2CCCCC2)cc1)c1ccc(N2CCOCC2)c([N+](=O)[O-])c1. The van der Waals surface area contributed by atoms with E-state index in [-0.39, 0.29) is 17.2 Å². The summed E-state index contributed by atoms with van der Waals surface area (Å²) in [5.74, 6) is -0.361. The van der Waals surface area contributed by atoms with E-state index < -0.39 is 4.92 Å². The Morgan fingerprint density at radius 3 is 2.39 bits per heavy atom. The molecular weight excluding hydrogens is 396 g/mol. The van der Waals surface area contributed by atoms with Gasteiger partial charge in [0.05, 0.1) is 18.1 Å². The highest BCUT2D eigenvalue weighted by molar-refractivity contribution is 6.05. The van der Waals surface area contributed by atoms with Crippen molar-refractivity contribution in [1.29, 1.82) is 0 Å². The summed E-state index contributed by atoms with van der Waals surface area (Å²) in [5, 5.41) is 14.5. The molecule has 0 spiro atoms. The number of nitro benzene ring substituents is 1. The number of nitro groups is 1. The number of amides is 1. The van der Waals surface area contributed by atoms with Crippen LogP contribution in [0.5, 0.6) is 0 Å². The van der Waals surface area contributed by atoms with E-state index >= 15 is 0 Å². The Balaban J connectivity index is 1.42. The fourth-order valence-electron chi connectivity index (χ4n) is 4.16. The number of ether oxygens (including phenoxy) is 1. The molecule has 2 aromatic carbocycles. The molecular formula is C23H28N4O4. The van der Waals surface area contributed by atoms with Crippen molar-refractivity contribution in [2.45, 2.75) is 25.8 Å². The van der Waals surface area contributed by atoms with Gasteiger partial charge in [-0.2, -0.15) is 0 Å². The molecule has 8 heteroatoms. The Morgan fingerprint density at radius 2 is 1.71 bits per heavy atom. The normalized spacial score (nSPS) is 17.4. The number of anilines is 2. The molecule has 164 valence electrons. The zero-order valence-corrected chi connectivity index (χ0v) is 17.6. The van der Waals surface area contributed by atoms with Gasteiger partial charge in [-0.05, 0) is 55.8 Å². The first-order valence-electron chi connectivity index (χ1n) is 10.8. The Bertz CT molecular complexity index is 920. The summed E-state index contributed by atoms with van der Waals surface area (Å²) in [5.41, 5.74) is 2.61. The molecule has 8 nitrogen and oxygen atoms in total. The number of morpholine rings is 1. The second kappa shape index (κ2) is 9.89. The number of rotatable bonds is 6. The quantitative estimate of drug-likeness (QED) is 0.562. The van der Waals surface area contributed by atoms with E-state index in [1.807, 2.05) is 29.2 Å². The van der Waals surface area contributed by atoms with E-state index in [1.165, 1.54) is 30.9 Å². The van der Waals surface area contributed by atoms with Gasteiger partial charge in [-0.25, -0.2) is 0 Å². The standard InChI is InChI=1S/C23H28N4O4/c28-23(24-20-7-4-18(5-8-20)17-25-10-2-1-3-11-25)19-6-9-21(22(16-19)27(29)30)26-12-14-31-15-13-26/h4-9,16H,1-3,10-15,17H2,(H,24,28). The summed E-state index contributed by atoms with van der Waals surface area (Å²) in [6.45, 7) is 5.45. The fourth-order valence-corrected chi connectivity index (χ4v) is 4.16. The van der Waals surface area contributed by atoms with Gasteiger partial charge < -0.3 is 15.0 Å². The highest BCUT2D eigenvalue weighted by atomic mass is 16.6. The van der Waals surface area contributed by atoms with Crippen LogP contribution in [0.3, 0.4) is 0 Å². The van der Waals surface area contributed by atoms with Crippen molar-refractivity contribution in [2.24, 2.45) is 0 Å². The minimum Gasteiger partial charge on any atom is -0.378 e. The number of nitrogens with zero attached hydrogens (tertiary/aromatic N) is 3. The van der Waals surface area contributed by atoms with Gasteiger partial charge in [0.1, 0.15) is 5.69 Å². The number of carbonyl (C=O) groups is 1. The first-order valence-corrected chi connectivity index (χ1v) is 10.8. The third-order valence-electron chi connectivity index (χ3n) is 5.85. The summed E-state index contributed by atoms with van der Waals surface area (Å²) < 4.78 is 5.32. The van der Waals surface area contributed by atoms with Crippen molar-refractivity contribution < 1.29 is 14.5 Å². The summed E-state index contributed by atoms with van der Waals surface area (Å²) >= 11 is 0. The van der Waals surface area contributed by atoms with Crippen LogP contribution in [-0.2, 0) is 11.3 Å². The molecule has 0 aromatic heterocycles. The van der Waals surface area contributed by atoms with Gasteiger partial charge >= 0.3 is 0 Å². The van der Waals surface area contributed by atoms with E-state index in [4.69, 9.17) is 4.74 Å². The van der Waals surface area contributed by atoms with Gasteiger partial charge in [-0.15, -0.1) is 0 Å². The Labute approximate surface area is 181 Å². The van der Waals surface area contributed by atoms with Crippen molar-refractivity contribution >= 4 is 23.0 Å². The molecule has 0 atom stereocenters. The Hall–Kier alpha value is -2.97. The van der Waals surface area contributed by atoms with E-state index in [0.717, 1.165) is 19.6 Å². The van der Waals surface area contributed by atoms with E-state index in [2.05, 4.69) is 10.2 Å². The molecule has 2 aliphatic rings. The van der Waals surface area contributed by atoms with Crippen molar-refractivity contribution in [3.63, 3.8) is 0 Å². The fraction of sp³-hybridized carbons (Fsp3) is 0.435. The van der Waals surface area contributed by atoms with Crippen LogP contribution in [0, 0.1) is 10.1 Å². The molecule has 2 aliphatic heterocycles. The first-order chi connectivity index (χ1) is 15.1. The molecule has 2 heterocycles. The lowest BCUT2D eigenvalue weighted by Gasteiger charge is -2.28. The van der Waals surface area contributed by atoms with Crippen LogP contribution in [-0.4, -0.2) is 55.1 Å². The van der Waals surface area contributed by atoms with Gasteiger partial charge in [0.25, 0.3) is 11.6 Å². The van der Waals surface area contributed by atoms with Gasteiger partial charge in [0.2, 0.25) is 0 Å². The van der Waals surface area contributed by atoms with E-state index in [9.17, 15) is 14.9 Å². The number of hydrogen-bond donors (Lipinski definition) is 1. The van der Waals surface area contributed by atoms with Crippen LogP contribution in [0.2, 0.25) is 0 Å². The van der Waals surface area contributed by atoms with Crippen molar-refractivity contribution in [2.75, 3.05) is 49.6 Å². The number of nitrogens with one attached hydrogen (secondary N) is 1. The molecule has 1 N–H and O–H groups in total. The lowest BCUT2D eigenvalue weighted by atomic mass is 10.1. The average molecular weight is 425 g/mol. The predicted octanol–water partition coefficient (Wildman–Crippen LogP) is 3.67. The third kappa shape index (κ3) is 5.39. The Morgan fingerprint density at radius 1 is 1.00 bits per heavy atom. The highest BCUT2D eigenvalue weighted by Gasteiger charge is 2.23. The van der Waals surface area contributed by atoms with Gasteiger partial charge in [-0.3, -0.25) is 19.8 Å². The second-order valence-corrected chi connectivity index (χ2v) is 8.05. The predicted molar refractivity (Wildman–Crippen MR) is 120 cm³/mol. The second-order valence-electron chi connectivity index (χ2n) is 8.05. The van der Waals surface area contributed by atoms with Crippen LogP contribution in [0.1, 0.15) is 35.2 Å². The third-order valence-corrected chi connectivity index (χ3v) is 5.85. The maximum absolute atomic E-state index is 12.7. The number of carbonyl (C=O) groups excluding carboxylic acids is 1. The lowest BCUT2D eigenvalue weighted by Crippen LogP contribution is -2.36. The van der Waals surface area contributed by atoms with E-state index in [1.54, 1.807) is 12.1 Å². The van der Waals surface area contributed by atoms with Crippen LogP contribution >= 0.6 is 0 Å². The largest absolute Gasteiger partial charge is 0.378 e. The van der Waals surface area contributed by atoms with Gasteiger partial charge in [-0.1, -0.05) is 18.6 Å².